The van der Waals surface area contributed by atoms with Gasteiger partial charge < -0.3 is 10.1 Å². The summed E-state index contributed by atoms with van der Waals surface area (Å²) in [5.41, 5.74) is 4.51. The van der Waals surface area contributed by atoms with Gasteiger partial charge in [-0.05, 0) is 54.8 Å². The number of carbonyl (C=O) groups excluding carboxylic acids is 2. The molecule has 2 amide bonds. The molecule has 1 N–H and O–H groups in total. The van der Waals surface area contributed by atoms with Crippen molar-refractivity contribution in [2.24, 2.45) is 0 Å². The van der Waals surface area contributed by atoms with E-state index < -0.39 is 5.91 Å². The van der Waals surface area contributed by atoms with Crippen LogP contribution in [0.25, 0.3) is 5.57 Å². The Morgan fingerprint density at radius 3 is 2.22 bits per heavy atom. The van der Waals surface area contributed by atoms with E-state index in [2.05, 4.69) is 12.2 Å². The highest BCUT2D eigenvalue weighted by Gasteiger charge is 2.40. The number of methoxy groups -OCH3 is 1. The Bertz CT molecular complexity index is 1210. The van der Waals surface area contributed by atoms with Gasteiger partial charge in [-0.25, -0.2) is 4.90 Å². The molecule has 1 aliphatic rings. The van der Waals surface area contributed by atoms with Gasteiger partial charge in [0.2, 0.25) is 0 Å². The highest BCUT2D eigenvalue weighted by Crippen LogP contribution is 2.35. The first-order valence-electron chi connectivity index (χ1n) is 10.3. The zero-order chi connectivity index (χ0) is 22.8. The quantitative estimate of drug-likeness (QED) is 0.499. The largest absolute Gasteiger partial charge is 0.495 e. The van der Waals surface area contributed by atoms with E-state index in [1.54, 1.807) is 30.3 Å². The molecule has 1 aliphatic heterocycles. The molecule has 0 saturated heterocycles. The van der Waals surface area contributed by atoms with Gasteiger partial charge in [0, 0.05) is 5.69 Å². The fourth-order valence-electron chi connectivity index (χ4n) is 3.64. The summed E-state index contributed by atoms with van der Waals surface area (Å²) < 4.78 is 5.20. The average molecular weight is 447 g/mol. The second kappa shape index (κ2) is 8.89. The van der Waals surface area contributed by atoms with E-state index in [4.69, 9.17) is 16.3 Å². The van der Waals surface area contributed by atoms with E-state index in [1.807, 2.05) is 43.3 Å². The van der Waals surface area contributed by atoms with Crippen LogP contribution in [0.2, 0.25) is 5.02 Å². The first-order valence-corrected chi connectivity index (χ1v) is 10.7. The summed E-state index contributed by atoms with van der Waals surface area (Å²) in [4.78, 5) is 28.2. The Morgan fingerprint density at radius 2 is 1.62 bits per heavy atom. The number of ether oxygens (including phenoxy) is 1. The summed E-state index contributed by atoms with van der Waals surface area (Å²) in [5.74, 6) is -0.261. The lowest BCUT2D eigenvalue weighted by Crippen LogP contribution is -2.32. The van der Waals surface area contributed by atoms with Gasteiger partial charge in [-0.15, -0.1) is 0 Å². The van der Waals surface area contributed by atoms with Crippen LogP contribution in [0.5, 0.6) is 5.75 Å². The first kappa shape index (κ1) is 21.7. The fraction of sp³-hybridized carbons (Fsp3) is 0.154. The number of amides is 2. The summed E-state index contributed by atoms with van der Waals surface area (Å²) in [6.07, 6.45) is 0.875. The zero-order valence-corrected chi connectivity index (χ0v) is 18.9. The molecule has 3 aromatic carbocycles. The molecule has 0 unspecified atom stereocenters. The van der Waals surface area contributed by atoms with Crippen molar-refractivity contribution in [2.75, 3.05) is 17.3 Å². The van der Waals surface area contributed by atoms with Crippen LogP contribution in [0.3, 0.4) is 0 Å². The Balaban J connectivity index is 1.78. The van der Waals surface area contributed by atoms with Gasteiger partial charge in [-0.2, -0.15) is 0 Å². The van der Waals surface area contributed by atoms with Gasteiger partial charge >= 0.3 is 0 Å². The molecule has 1 heterocycles. The summed E-state index contributed by atoms with van der Waals surface area (Å²) in [5, 5.41) is 3.53. The van der Waals surface area contributed by atoms with Crippen molar-refractivity contribution >= 4 is 40.4 Å². The number of nitrogens with one attached hydrogen (secondary N) is 1. The van der Waals surface area contributed by atoms with E-state index in [0.29, 0.717) is 33.3 Å². The maximum absolute atomic E-state index is 13.5. The maximum Gasteiger partial charge on any atom is 0.282 e. The second-order valence-corrected chi connectivity index (χ2v) is 7.96. The van der Waals surface area contributed by atoms with Crippen LogP contribution in [0.1, 0.15) is 23.6 Å². The van der Waals surface area contributed by atoms with E-state index in [1.165, 1.54) is 12.0 Å². The molecule has 0 fully saturated rings. The Labute approximate surface area is 192 Å². The van der Waals surface area contributed by atoms with Gasteiger partial charge in [0.05, 0.1) is 23.4 Å². The number of imide groups is 1. The molecule has 0 aliphatic carbocycles. The van der Waals surface area contributed by atoms with Gasteiger partial charge in [0.15, 0.2) is 0 Å². The number of nitrogens with zero attached hydrogens (tertiary/aromatic N) is 1. The number of hydrogen-bond acceptors (Lipinski definition) is 4. The Morgan fingerprint density at radius 1 is 0.938 bits per heavy atom. The summed E-state index contributed by atoms with van der Waals surface area (Å²) >= 11 is 6.26. The monoisotopic (exact) mass is 446 g/mol. The summed E-state index contributed by atoms with van der Waals surface area (Å²) in [6, 6.07) is 20.1. The minimum Gasteiger partial charge on any atom is -0.495 e. The van der Waals surface area contributed by atoms with Crippen LogP contribution in [0.15, 0.2) is 72.4 Å². The lowest BCUT2D eigenvalue weighted by atomic mass is 10.0. The first-order chi connectivity index (χ1) is 15.4. The highest BCUT2D eigenvalue weighted by atomic mass is 35.5. The van der Waals surface area contributed by atoms with E-state index in [0.717, 1.165) is 17.5 Å². The van der Waals surface area contributed by atoms with Crippen LogP contribution in [0, 0.1) is 6.92 Å². The summed E-state index contributed by atoms with van der Waals surface area (Å²) in [7, 11) is 1.53. The normalized spacial score (nSPS) is 13.7. The number of aryl methyl sites for hydroxylation is 2. The third-order valence-electron chi connectivity index (χ3n) is 5.45. The number of anilines is 2. The lowest BCUT2D eigenvalue weighted by Gasteiger charge is -2.16. The average Bonchev–Trinajstić information content (AvgIpc) is 3.04. The highest BCUT2D eigenvalue weighted by molar-refractivity contribution is 6.46. The van der Waals surface area contributed by atoms with Crippen molar-refractivity contribution in [2.45, 2.75) is 20.3 Å². The molecule has 162 valence electrons. The van der Waals surface area contributed by atoms with Crippen molar-refractivity contribution in [3.63, 3.8) is 0 Å². The van der Waals surface area contributed by atoms with E-state index in [9.17, 15) is 9.59 Å². The molecule has 0 aromatic heterocycles. The van der Waals surface area contributed by atoms with Crippen molar-refractivity contribution in [1.29, 1.82) is 0 Å². The van der Waals surface area contributed by atoms with Crippen LogP contribution in [-0.4, -0.2) is 18.9 Å². The van der Waals surface area contributed by atoms with Crippen molar-refractivity contribution in [3.05, 3.63) is 94.1 Å². The number of halogens is 1. The molecule has 4 rings (SSSR count). The smallest absolute Gasteiger partial charge is 0.282 e. The van der Waals surface area contributed by atoms with E-state index in [-0.39, 0.29) is 11.6 Å². The third kappa shape index (κ3) is 3.99. The maximum atomic E-state index is 13.5. The molecule has 0 spiro atoms. The topological polar surface area (TPSA) is 58.6 Å². The lowest BCUT2D eigenvalue weighted by molar-refractivity contribution is -0.120. The van der Waals surface area contributed by atoms with Crippen molar-refractivity contribution in [1.82, 2.24) is 0 Å². The van der Waals surface area contributed by atoms with Gasteiger partial charge in [0.1, 0.15) is 11.4 Å². The number of rotatable bonds is 6. The van der Waals surface area contributed by atoms with Gasteiger partial charge in [-0.1, -0.05) is 60.5 Å². The summed E-state index contributed by atoms with van der Waals surface area (Å²) in [6.45, 7) is 4.03. The molecule has 0 bridgehead atoms. The van der Waals surface area contributed by atoms with Crippen LogP contribution in [-0.2, 0) is 16.0 Å². The molecule has 0 radical (unpaired) electrons. The van der Waals surface area contributed by atoms with Crippen molar-refractivity contribution < 1.29 is 14.3 Å². The third-order valence-corrected chi connectivity index (χ3v) is 5.74. The van der Waals surface area contributed by atoms with Crippen LogP contribution < -0.4 is 15.0 Å². The number of hydrogen-bond donors (Lipinski definition) is 1. The van der Waals surface area contributed by atoms with Crippen molar-refractivity contribution in [3.8, 4) is 5.75 Å². The molecule has 6 heteroatoms. The minimum atomic E-state index is -0.415. The van der Waals surface area contributed by atoms with Gasteiger partial charge in [-0.3, -0.25) is 9.59 Å². The minimum absolute atomic E-state index is 0.208. The number of benzene rings is 3. The molecular formula is C26H23ClN2O3. The zero-order valence-electron chi connectivity index (χ0n) is 18.1. The molecule has 5 nitrogen and oxygen atoms in total. The fourth-order valence-corrected chi connectivity index (χ4v) is 3.90. The molecule has 0 atom stereocenters. The Kier molecular flexibility index (Phi) is 6.01. The number of carbonyl (C=O) groups is 2. The molecule has 3 aromatic rings. The van der Waals surface area contributed by atoms with E-state index >= 15 is 0 Å². The molecule has 32 heavy (non-hydrogen) atoms. The molecule has 0 saturated carbocycles. The SMILES string of the molecule is CCc1ccc(N2C(=O)C(Nc3ccc(OC)c(Cl)c3)=C(c3ccc(C)cc3)C2=O)cc1. The predicted molar refractivity (Wildman–Crippen MR) is 128 cm³/mol. The van der Waals surface area contributed by atoms with Crippen LogP contribution >= 0.6 is 11.6 Å². The Hall–Kier alpha value is -3.57. The van der Waals surface area contributed by atoms with Gasteiger partial charge in [0.25, 0.3) is 11.8 Å². The standard InChI is InChI=1S/C26H23ClN2O3/c1-4-17-7-12-20(13-8-17)29-25(30)23(18-9-5-16(2)6-10-18)24(26(29)31)28-19-11-14-22(32-3)21(27)15-19/h5-15,28H,4H2,1-3H3. The second-order valence-electron chi connectivity index (χ2n) is 7.56. The molecular weight excluding hydrogens is 424 g/mol. The van der Waals surface area contributed by atoms with Crippen LogP contribution in [0.4, 0.5) is 11.4 Å². The predicted octanol–water partition coefficient (Wildman–Crippen LogP) is 5.62.